The molecule has 1 saturated heterocycles. The number of aromatic nitrogens is 2. The zero-order chi connectivity index (χ0) is 23.4. The number of carbonyl (C=O) groups excluding carboxylic acids is 1. The molecule has 1 saturated carbocycles. The molecule has 3 aliphatic rings. The molecule has 0 bridgehead atoms. The number of hydrogen-bond donors (Lipinski definition) is 0. The number of hydrogen-bond acceptors (Lipinski definition) is 5. The molecule has 33 heavy (non-hydrogen) atoms. The molecule has 7 nitrogen and oxygen atoms in total. The summed E-state index contributed by atoms with van der Waals surface area (Å²) in [6.07, 6.45) is 6.25. The highest BCUT2D eigenvalue weighted by molar-refractivity contribution is 7.90. The number of rotatable bonds is 5. The van der Waals surface area contributed by atoms with E-state index in [1.807, 2.05) is 10.9 Å². The maximum absolute atomic E-state index is 13.7. The summed E-state index contributed by atoms with van der Waals surface area (Å²) in [6.45, 7) is 1.88. The van der Waals surface area contributed by atoms with Gasteiger partial charge in [0, 0.05) is 62.7 Å². The Morgan fingerprint density at radius 2 is 1.91 bits per heavy atom. The third-order valence-corrected chi connectivity index (χ3v) is 8.16. The third-order valence-electron chi connectivity index (χ3n) is 7.05. The monoisotopic (exact) mass is 478 g/mol. The minimum absolute atomic E-state index is 0.0413. The number of sulfone groups is 1. The van der Waals surface area contributed by atoms with Crippen LogP contribution >= 0.6 is 0 Å². The van der Waals surface area contributed by atoms with Gasteiger partial charge in [0.2, 0.25) is 0 Å². The molecule has 1 aromatic carbocycles. The van der Waals surface area contributed by atoms with Crippen molar-refractivity contribution in [1.82, 2.24) is 14.7 Å². The van der Waals surface area contributed by atoms with Gasteiger partial charge in [0.1, 0.15) is 0 Å². The summed E-state index contributed by atoms with van der Waals surface area (Å²) in [5.41, 5.74) is 2.60. The van der Waals surface area contributed by atoms with Crippen LogP contribution in [0, 0.1) is 5.92 Å². The molecule has 0 spiro atoms. The number of piperidine rings is 1. The fourth-order valence-electron chi connectivity index (χ4n) is 4.83. The van der Waals surface area contributed by atoms with Crippen molar-refractivity contribution in [2.75, 3.05) is 24.2 Å². The van der Waals surface area contributed by atoms with Crippen LogP contribution in [0.15, 0.2) is 29.3 Å². The zero-order valence-corrected chi connectivity index (χ0v) is 19.5. The fourth-order valence-corrected chi connectivity index (χ4v) is 5.47. The molecule has 5 rings (SSSR count). The number of fused-ring (bicyclic) bond motifs is 1. The number of amides is 1. The van der Waals surface area contributed by atoms with Crippen LogP contribution in [-0.2, 0) is 29.5 Å². The zero-order valence-electron chi connectivity index (χ0n) is 18.6. The smallest absolute Gasteiger partial charge is 0.256 e. The molecule has 2 fully saturated rings. The van der Waals surface area contributed by atoms with Crippen molar-refractivity contribution in [3.63, 3.8) is 0 Å². The van der Waals surface area contributed by atoms with Gasteiger partial charge in [-0.1, -0.05) is 6.42 Å². The highest BCUT2D eigenvalue weighted by Crippen LogP contribution is 2.35. The summed E-state index contributed by atoms with van der Waals surface area (Å²) < 4.78 is 53.6. The maximum atomic E-state index is 13.7. The maximum Gasteiger partial charge on any atom is 0.256 e. The largest absolute Gasteiger partial charge is 0.370 e. The van der Waals surface area contributed by atoms with Crippen molar-refractivity contribution in [3.8, 4) is 0 Å². The SMILES string of the molecule is CS(=O)(=O)c1ccc(N2CCC(F)(F)CC2)c(C(=O)N2Cc3cn(CC4CCC4)nc3C2)c1. The van der Waals surface area contributed by atoms with Gasteiger partial charge in [0.25, 0.3) is 11.8 Å². The van der Waals surface area contributed by atoms with Crippen LogP contribution in [0.25, 0.3) is 0 Å². The molecule has 0 radical (unpaired) electrons. The van der Waals surface area contributed by atoms with Gasteiger partial charge in [0.15, 0.2) is 9.84 Å². The van der Waals surface area contributed by atoms with Crippen LogP contribution in [0.1, 0.15) is 53.7 Å². The van der Waals surface area contributed by atoms with E-state index in [1.165, 1.54) is 31.4 Å². The van der Waals surface area contributed by atoms with Crippen LogP contribution in [-0.4, -0.2) is 54.3 Å². The quantitative estimate of drug-likeness (QED) is 0.658. The normalized spacial score (nSPS) is 20.6. The van der Waals surface area contributed by atoms with Gasteiger partial charge in [-0.25, -0.2) is 17.2 Å². The average Bonchev–Trinajstić information content (AvgIpc) is 3.28. The van der Waals surface area contributed by atoms with Crippen molar-refractivity contribution in [2.24, 2.45) is 5.92 Å². The summed E-state index contributed by atoms with van der Waals surface area (Å²) >= 11 is 0. The first-order chi connectivity index (χ1) is 15.6. The summed E-state index contributed by atoms with van der Waals surface area (Å²) in [4.78, 5) is 17.0. The molecule has 10 heteroatoms. The first-order valence-corrected chi connectivity index (χ1v) is 13.3. The highest BCUT2D eigenvalue weighted by atomic mass is 32.2. The second-order valence-electron chi connectivity index (χ2n) is 9.58. The van der Waals surface area contributed by atoms with Gasteiger partial charge in [0.05, 0.1) is 22.7 Å². The van der Waals surface area contributed by atoms with Gasteiger partial charge in [-0.2, -0.15) is 5.10 Å². The lowest BCUT2D eigenvalue weighted by Crippen LogP contribution is -2.40. The number of alkyl halides is 2. The summed E-state index contributed by atoms with van der Waals surface area (Å²) in [5, 5.41) is 4.66. The van der Waals surface area contributed by atoms with Gasteiger partial charge < -0.3 is 9.80 Å². The average molecular weight is 479 g/mol. The van der Waals surface area contributed by atoms with Crippen molar-refractivity contribution >= 4 is 21.4 Å². The topological polar surface area (TPSA) is 75.5 Å². The van der Waals surface area contributed by atoms with Crippen molar-refractivity contribution in [3.05, 3.63) is 41.2 Å². The van der Waals surface area contributed by atoms with E-state index in [0.29, 0.717) is 24.7 Å². The molecular formula is C23H28F2N4O3S. The van der Waals surface area contributed by atoms with E-state index >= 15 is 0 Å². The summed E-state index contributed by atoms with van der Waals surface area (Å²) in [7, 11) is -3.53. The molecule has 0 N–H and O–H groups in total. The van der Waals surface area contributed by atoms with Gasteiger partial charge in [-0.15, -0.1) is 0 Å². The molecular weight excluding hydrogens is 450 g/mol. The first-order valence-electron chi connectivity index (χ1n) is 11.4. The van der Waals surface area contributed by atoms with Crippen LogP contribution in [0.5, 0.6) is 0 Å². The Balaban J connectivity index is 1.39. The fraction of sp³-hybridized carbons (Fsp3) is 0.565. The minimum Gasteiger partial charge on any atom is -0.370 e. The van der Waals surface area contributed by atoms with E-state index in [0.717, 1.165) is 24.1 Å². The molecule has 0 atom stereocenters. The van der Waals surface area contributed by atoms with Crippen LogP contribution in [0.2, 0.25) is 0 Å². The molecule has 178 valence electrons. The Kier molecular flexibility index (Phi) is 5.46. The number of anilines is 1. The Morgan fingerprint density at radius 3 is 2.52 bits per heavy atom. The van der Waals surface area contributed by atoms with Gasteiger partial charge >= 0.3 is 0 Å². The number of halogens is 2. The summed E-state index contributed by atoms with van der Waals surface area (Å²) in [6, 6.07) is 4.39. The predicted octanol–water partition coefficient (Wildman–Crippen LogP) is 3.48. The van der Waals surface area contributed by atoms with E-state index < -0.39 is 15.8 Å². The molecule has 2 aromatic rings. The Morgan fingerprint density at radius 1 is 1.18 bits per heavy atom. The van der Waals surface area contributed by atoms with Crippen molar-refractivity contribution < 1.29 is 22.0 Å². The lowest BCUT2D eigenvalue weighted by molar-refractivity contribution is -0.0220. The van der Waals surface area contributed by atoms with E-state index in [9.17, 15) is 22.0 Å². The summed E-state index contributed by atoms with van der Waals surface area (Å²) in [5.74, 6) is -2.34. The third kappa shape index (κ3) is 4.49. The number of carbonyl (C=O) groups is 1. The highest BCUT2D eigenvalue weighted by Gasteiger charge is 2.36. The molecule has 0 unspecified atom stereocenters. The standard InChI is InChI=1S/C23H28F2N4O3S/c1-33(31,32)18-5-6-21(27-9-7-23(24,25)8-10-27)19(11-18)22(30)28-13-17-14-29(26-20(17)15-28)12-16-3-2-4-16/h5-6,11,14,16H,2-4,7-10,12-13,15H2,1H3. The van der Waals surface area contributed by atoms with Crippen LogP contribution < -0.4 is 4.90 Å². The van der Waals surface area contributed by atoms with E-state index in [4.69, 9.17) is 0 Å². The van der Waals surface area contributed by atoms with Gasteiger partial charge in [-0.3, -0.25) is 9.48 Å². The van der Waals surface area contributed by atoms with E-state index in [2.05, 4.69) is 5.10 Å². The number of nitrogens with zero attached hydrogens (tertiary/aromatic N) is 4. The van der Waals surface area contributed by atoms with Crippen molar-refractivity contribution in [1.29, 1.82) is 0 Å². The molecule has 1 amide bonds. The Hall–Kier alpha value is -2.49. The van der Waals surface area contributed by atoms with Gasteiger partial charge in [-0.05, 0) is 37.0 Å². The lowest BCUT2D eigenvalue weighted by atomic mass is 9.85. The van der Waals surface area contributed by atoms with Crippen LogP contribution in [0.4, 0.5) is 14.5 Å². The van der Waals surface area contributed by atoms with Crippen molar-refractivity contribution in [2.45, 2.75) is 62.6 Å². The Bertz CT molecular complexity index is 1160. The predicted molar refractivity (Wildman–Crippen MR) is 119 cm³/mol. The molecule has 2 aliphatic heterocycles. The second-order valence-corrected chi connectivity index (χ2v) is 11.6. The molecule has 1 aliphatic carbocycles. The first kappa shape index (κ1) is 22.3. The number of benzene rings is 1. The minimum atomic E-state index is -3.53. The van der Waals surface area contributed by atoms with Crippen LogP contribution in [0.3, 0.4) is 0 Å². The molecule has 1 aromatic heterocycles. The lowest BCUT2D eigenvalue weighted by Gasteiger charge is -2.35. The Labute approximate surface area is 192 Å². The van der Waals surface area contributed by atoms with E-state index in [-0.39, 0.29) is 42.3 Å². The molecule has 3 heterocycles. The second kappa shape index (κ2) is 8.07. The van der Waals surface area contributed by atoms with E-state index in [1.54, 1.807) is 15.9 Å².